The molecule has 1 aromatic heterocycles. The number of hydrogen-bond donors (Lipinski definition) is 1. The highest BCUT2D eigenvalue weighted by molar-refractivity contribution is 5.86. The van der Waals surface area contributed by atoms with Crippen LogP contribution < -0.4 is 0 Å². The van der Waals surface area contributed by atoms with Gasteiger partial charge in [-0.05, 0) is 33.4 Å². The van der Waals surface area contributed by atoms with Gasteiger partial charge < -0.3 is 9.52 Å². The van der Waals surface area contributed by atoms with Crippen LogP contribution in [0, 0.1) is 6.92 Å². The second-order valence-corrected chi connectivity index (χ2v) is 4.20. The predicted molar refractivity (Wildman–Crippen MR) is 61.6 cm³/mol. The van der Waals surface area contributed by atoms with Crippen molar-refractivity contribution in [2.45, 2.75) is 39.8 Å². The highest BCUT2D eigenvalue weighted by Crippen LogP contribution is 2.17. The van der Waals surface area contributed by atoms with Crippen molar-refractivity contribution in [1.82, 2.24) is 4.90 Å². The first-order chi connectivity index (χ1) is 7.45. The van der Waals surface area contributed by atoms with Crippen molar-refractivity contribution in [3.05, 3.63) is 23.2 Å². The number of nitrogens with zero attached hydrogens (tertiary/aromatic N) is 1. The van der Waals surface area contributed by atoms with Crippen LogP contribution in [0.4, 0.5) is 0 Å². The molecule has 0 aliphatic carbocycles. The topological polar surface area (TPSA) is 53.7 Å². The van der Waals surface area contributed by atoms with Crippen LogP contribution in [0.1, 0.15) is 42.1 Å². The lowest BCUT2D eigenvalue weighted by atomic mass is 10.2. The van der Waals surface area contributed by atoms with Crippen LogP contribution in [0.3, 0.4) is 0 Å². The maximum Gasteiger partial charge on any atom is 0.372 e. The van der Waals surface area contributed by atoms with Gasteiger partial charge in [0.2, 0.25) is 5.76 Å². The number of aromatic carboxylic acids is 1. The standard InChI is InChI=1S/C12H19NO3/c1-5-9(3)13(4)7-10-6-8(2)11(16-10)12(14)15/h6,9H,5,7H2,1-4H3,(H,14,15). The number of hydrogen-bond acceptors (Lipinski definition) is 3. The molecule has 0 amide bonds. The van der Waals surface area contributed by atoms with Crippen LogP contribution in [0.15, 0.2) is 10.5 Å². The first-order valence-corrected chi connectivity index (χ1v) is 5.48. The van der Waals surface area contributed by atoms with Crippen LogP contribution in [0.5, 0.6) is 0 Å². The molecule has 1 unspecified atom stereocenters. The Morgan fingerprint density at radius 3 is 2.69 bits per heavy atom. The van der Waals surface area contributed by atoms with Gasteiger partial charge >= 0.3 is 5.97 Å². The van der Waals surface area contributed by atoms with Gasteiger partial charge in [-0.15, -0.1) is 0 Å². The Kier molecular flexibility index (Phi) is 4.12. The third-order valence-electron chi connectivity index (χ3n) is 2.91. The van der Waals surface area contributed by atoms with Gasteiger partial charge in [0.25, 0.3) is 0 Å². The molecule has 16 heavy (non-hydrogen) atoms. The molecule has 1 N–H and O–H groups in total. The van der Waals surface area contributed by atoms with Crippen molar-refractivity contribution in [2.75, 3.05) is 7.05 Å². The van der Waals surface area contributed by atoms with Crippen molar-refractivity contribution in [3.63, 3.8) is 0 Å². The lowest BCUT2D eigenvalue weighted by molar-refractivity contribution is 0.0657. The minimum Gasteiger partial charge on any atom is -0.475 e. The molecule has 0 saturated heterocycles. The van der Waals surface area contributed by atoms with E-state index in [2.05, 4.69) is 18.7 Å². The maximum absolute atomic E-state index is 10.8. The van der Waals surface area contributed by atoms with Crippen molar-refractivity contribution < 1.29 is 14.3 Å². The van der Waals surface area contributed by atoms with Crippen molar-refractivity contribution in [2.24, 2.45) is 0 Å². The molecule has 1 aromatic rings. The van der Waals surface area contributed by atoms with E-state index in [9.17, 15) is 4.79 Å². The zero-order valence-corrected chi connectivity index (χ0v) is 10.3. The molecule has 4 heteroatoms. The molecule has 0 spiro atoms. The Morgan fingerprint density at radius 1 is 1.62 bits per heavy atom. The fourth-order valence-corrected chi connectivity index (χ4v) is 1.55. The summed E-state index contributed by atoms with van der Waals surface area (Å²) in [5, 5.41) is 8.86. The SMILES string of the molecule is CCC(C)N(C)Cc1cc(C)c(C(=O)O)o1. The van der Waals surface area contributed by atoms with Crippen molar-refractivity contribution >= 4 is 5.97 Å². The third-order valence-corrected chi connectivity index (χ3v) is 2.91. The van der Waals surface area contributed by atoms with E-state index < -0.39 is 5.97 Å². The highest BCUT2D eigenvalue weighted by Gasteiger charge is 2.16. The van der Waals surface area contributed by atoms with E-state index >= 15 is 0 Å². The number of carboxylic acid groups (broad SMARTS) is 1. The molecule has 1 rings (SSSR count). The van der Waals surface area contributed by atoms with E-state index in [1.54, 1.807) is 13.0 Å². The zero-order chi connectivity index (χ0) is 12.3. The molecule has 90 valence electrons. The zero-order valence-electron chi connectivity index (χ0n) is 10.3. The molecule has 0 fully saturated rings. The molecule has 0 aliphatic heterocycles. The predicted octanol–water partition coefficient (Wildman–Crippen LogP) is 2.52. The lowest BCUT2D eigenvalue weighted by Gasteiger charge is -2.21. The molecule has 0 radical (unpaired) electrons. The highest BCUT2D eigenvalue weighted by atomic mass is 16.4. The third kappa shape index (κ3) is 2.85. The molecule has 0 bridgehead atoms. The Bertz CT molecular complexity index is 370. The number of carboxylic acids is 1. The molecule has 0 aliphatic rings. The molecule has 1 heterocycles. The Balaban J connectivity index is 2.75. The maximum atomic E-state index is 10.8. The van der Waals surface area contributed by atoms with Crippen molar-refractivity contribution in [1.29, 1.82) is 0 Å². The smallest absolute Gasteiger partial charge is 0.372 e. The number of rotatable bonds is 5. The van der Waals surface area contributed by atoms with E-state index in [1.807, 2.05) is 7.05 Å². The largest absolute Gasteiger partial charge is 0.475 e. The van der Waals surface area contributed by atoms with E-state index in [4.69, 9.17) is 9.52 Å². The molecule has 0 saturated carbocycles. The summed E-state index contributed by atoms with van der Waals surface area (Å²) >= 11 is 0. The van der Waals surface area contributed by atoms with Gasteiger partial charge in [-0.1, -0.05) is 6.92 Å². The van der Waals surface area contributed by atoms with E-state index in [1.165, 1.54) is 0 Å². The summed E-state index contributed by atoms with van der Waals surface area (Å²) in [4.78, 5) is 12.9. The van der Waals surface area contributed by atoms with Gasteiger partial charge in [0.05, 0.1) is 6.54 Å². The number of furan rings is 1. The van der Waals surface area contributed by atoms with Crippen LogP contribution in [0.25, 0.3) is 0 Å². The number of aryl methyl sites for hydroxylation is 1. The summed E-state index contributed by atoms with van der Waals surface area (Å²) in [5.74, 6) is -0.250. The Hall–Kier alpha value is -1.29. The van der Waals surface area contributed by atoms with Gasteiger partial charge in [-0.2, -0.15) is 0 Å². The Labute approximate surface area is 95.9 Å². The second-order valence-electron chi connectivity index (χ2n) is 4.20. The van der Waals surface area contributed by atoms with Crippen LogP contribution in [0.2, 0.25) is 0 Å². The number of carbonyl (C=O) groups is 1. The van der Waals surface area contributed by atoms with E-state index in [-0.39, 0.29) is 5.76 Å². The van der Waals surface area contributed by atoms with Gasteiger partial charge in [0, 0.05) is 11.6 Å². The molecular weight excluding hydrogens is 206 g/mol. The molecular formula is C12H19NO3. The normalized spacial score (nSPS) is 13.1. The second kappa shape index (κ2) is 5.16. The summed E-state index contributed by atoms with van der Waals surface area (Å²) < 4.78 is 5.30. The van der Waals surface area contributed by atoms with Crippen LogP contribution >= 0.6 is 0 Å². The quantitative estimate of drug-likeness (QED) is 0.836. The van der Waals surface area contributed by atoms with Crippen molar-refractivity contribution in [3.8, 4) is 0 Å². The summed E-state index contributed by atoms with van der Waals surface area (Å²) in [7, 11) is 2.01. The van der Waals surface area contributed by atoms with Gasteiger partial charge in [-0.3, -0.25) is 4.90 Å². The van der Waals surface area contributed by atoms with E-state index in [0.29, 0.717) is 23.9 Å². The summed E-state index contributed by atoms with van der Waals surface area (Å²) in [5.41, 5.74) is 0.681. The molecule has 4 nitrogen and oxygen atoms in total. The van der Waals surface area contributed by atoms with Gasteiger partial charge in [0.15, 0.2) is 0 Å². The fraction of sp³-hybridized carbons (Fsp3) is 0.583. The van der Waals surface area contributed by atoms with Crippen LogP contribution in [-0.4, -0.2) is 29.1 Å². The summed E-state index contributed by atoms with van der Waals surface area (Å²) in [6.45, 7) is 6.65. The molecule has 0 aromatic carbocycles. The average Bonchev–Trinajstić information content (AvgIpc) is 2.58. The monoisotopic (exact) mass is 225 g/mol. The average molecular weight is 225 g/mol. The first kappa shape index (κ1) is 12.8. The minimum absolute atomic E-state index is 0.0487. The van der Waals surface area contributed by atoms with Gasteiger partial charge in [-0.25, -0.2) is 4.79 Å². The first-order valence-electron chi connectivity index (χ1n) is 5.48. The Morgan fingerprint density at radius 2 is 2.25 bits per heavy atom. The minimum atomic E-state index is -1.00. The molecule has 1 atom stereocenters. The lowest BCUT2D eigenvalue weighted by Crippen LogP contribution is -2.27. The summed E-state index contributed by atoms with van der Waals surface area (Å²) in [6.07, 6.45) is 1.06. The van der Waals surface area contributed by atoms with Gasteiger partial charge in [0.1, 0.15) is 5.76 Å². The summed E-state index contributed by atoms with van der Waals surface area (Å²) in [6, 6.07) is 2.25. The fourth-order valence-electron chi connectivity index (χ4n) is 1.55. The van der Waals surface area contributed by atoms with Crippen LogP contribution in [-0.2, 0) is 6.54 Å². The van der Waals surface area contributed by atoms with E-state index in [0.717, 1.165) is 6.42 Å².